The van der Waals surface area contributed by atoms with Crippen molar-refractivity contribution in [1.82, 2.24) is 20.5 Å². The van der Waals surface area contributed by atoms with Crippen LogP contribution in [0.5, 0.6) is 5.75 Å². The van der Waals surface area contributed by atoms with Gasteiger partial charge in [0, 0.05) is 12.3 Å². The van der Waals surface area contributed by atoms with E-state index in [0.29, 0.717) is 18.3 Å². The van der Waals surface area contributed by atoms with Gasteiger partial charge in [0.2, 0.25) is 11.1 Å². The number of carbonyl (C=O) groups is 1. The molecule has 1 aromatic carbocycles. The molecule has 0 saturated heterocycles. The number of hydrogen-bond donors (Lipinski definition) is 2. The van der Waals surface area contributed by atoms with Gasteiger partial charge in [0.15, 0.2) is 0 Å². The normalized spacial score (nSPS) is 16.7. The van der Waals surface area contributed by atoms with Gasteiger partial charge in [-0.1, -0.05) is 30.0 Å². The minimum Gasteiger partial charge on any atom is -0.492 e. The Morgan fingerprint density at radius 2 is 2.36 bits per heavy atom. The second-order valence-corrected chi connectivity index (χ2v) is 6.22. The lowest BCUT2D eigenvalue weighted by Gasteiger charge is -2.24. The average Bonchev–Trinajstić information content (AvgIpc) is 2.96. The van der Waals surface area contributed by atoms with Gasteiger partial charge in [-0.05, 0) is 25.0 Å². The molecule has 1 aliphatic rings. The van der Waals surface area contributed by atoms with Gasteiger partial charge in [-0.15, -0.1) is 5.10 Å². The number of carbonyl (C=O) groups excluding carboxylic acids is 1. The summed E-state index contributed by atoms with van der Waals surface area (Å²) < 4.78 is 5.65. The van der Waals surface area contributed by atoms with Crippen molar-refractivity contribution in [1.29, 1.82) is 0 Å². The van der Waals surface area contributed by atoms with Gasteiger partial charge in [-0.25, -0.2) is 4.98 Å². The first-order chi connectivity index (χ1) is 10.7. The maximum absolute atomic E-state index is 12.2. The second kappa shape index (κ2) is 6.83. The van der Waals surface area contributed by atoms with Gasteiger partial charge in [-0.2, -0.15) is 0 Å². The molecule has 1 amide bonds. The van der Waals surface area contributed by atoms with Crippen molar-refractivity contribution in [2.24, 2.45) is 5.92 Å². The zero-order valence-corrected chi connectivity index (χ0v) is 13.2. The molecule has 0 aliphatic carbocycles. The summed E-state index contributed by atoms with van der Waals surface area (Å²) >= 11 is 1.52. The van der Waals surface area contributed by atoms with Crippen LogP contribution in [0.4, 0.5) is 0 Å². The monoisotopic (exact) mass is 318 g/mol. The largest absolute Gasteiger partial charge is 0.492 e. The molecule has 1 atom stereocenters. The molecule has 1 aromatic heterocycles. The van der Waals surface area contributed by atoms with Crippen molar-refractivity contribution >= 4 is 17.7 Å². The predicted octanol–water partition coefficient (Wildman–Crippen LogP) is 1.57. The summed E-state index contributed by atoms with van der Waals surface area (Å²) in [6.07, 6.45) is 0.731. The maximum atomic E-state index is 12.2. The standard InChI is InChI=1S/C15H18N4O2S/c1-10-17-15(19-18-10)22-7-6-16-14(20)12-8-11-4-2-3-5-13(11)21-9-12/h2-5,12H,6-9H2,1H3,(H,16,20)(H,17,18,19). The number of fused-ring (bicyclic) bond motifs is 1. The Bertz CT molecular complexity index is 658. The van der Waals surface area contributed by atoms with E-state index in [1.165, 1.54) is 11.8 Å². The highest BCUT2D eigenvalue weighted by atomic mass is 32.2. The summed E-state index contributed by atoms with van der Waals surface area (Å²) in [6, 6.07) is 7.87. The van der Waals surface area contributed by atoms with E-state index in [1.54, 1.807) is 0 Å². The molecule has 7 heteroatoms. The van der Waals surface area contributed by atoms with Gasteiger partial charge in [0.25, 0.3) is 0 Å². The highest BCUT2D eigenvalue weighted by Gasteiger charge is 2.25. The summed E-state index contributed by atoms with van der Waals surface area (Å²) in [5.41, 5.74) is 1.10. The first-order valence-electron chi connectivity index (χ1n) is 7.22. The first kappa shape index (κ1) is 14.9. The topological polar surface area (TPSA) is 79.9 Å². The molecule has 0 saturated carbocycles. The summed E-state index contributed by atoms with van der Waals surface area (Å²) in [6.45, 7) is 2.89. The zero-order chi connectivity index (χ0) is 15.4. The van der Waals surface area contributed by atoms with Crippen LogP contribution in [-0.4, -0.2) is 40.0 Å². The third-order valence-electron chi connectivity index (χ3n) is 3.46. The molecular formula is C15H18N4O2S. The number of H-pyrrole nitrogens is 1. The number of rotatable bonds is 5. The summed E-state index contributed by atoms with van der Waals surface area (Å²) in [4.78, 5) is 16.4. The van der Waals surface area contributed by atoms with Crippen LogP contribution in [0.25, 0.3) is 0 Å². The van der Waals surface area contributed by atoms with Crippen molar-refractivity contribution in [3.8, 4) is 5.75 Å². The Balaban J connectivity index is 1.43. The predicted molar refractivity (Wildman–Crippen MR) is 84.0 cm³/mol. The zero-order valence-electron chi connectivity index (χ0n) is 12.3. The van der Waals surface area contributed by atoms with Crippen molar-refractivity contribution in [3.63, 3.8) is 0 Å². The molecule has 2 aromatic rings. The lowest BCUT2D eigenvalue weighted by atomic mass is 9.96. The molecule has 2 N–H and O–H groups in total. The van der Waals surface area contributed by atoms with Crippen LogP contribution in [-0.2, 0) is 11.2 Å². The highest BCUT2D eigenvalue weighted by Crippen LogP contribution is 2.26. The number of para-hydroxylation sites is 1. The van der Waals surface area contributed by atoms with Crippen LogP contribution in [0.3, 0.4) is 0 Å². The fourth-order valence-corrected chi connectivity index (χ4v) is 3.04. The number of aromatic nitrogens is 3. The molecule has 1 unspecified atom stereocenters. The van der Waals surface area contributed by atoms with Crippen LogP contribution < -0.4 is 10.1 Å². The van der Waals surface area contributed by atoms with Crippen molar-refractivity contribution < 1.29 is 9.53 Å². The number of benzene rings is 1. The average molecular weight is 318 g/mol. The van der Waals surface area contributed by atoms with Gasteiger partial charge in [0.05, 0.1) is 5.92 Å². The lowest BCUT2D eigenvalue weighted by Crippen LogP contribution is -2.38. The van der Waals surface area contributed by atoms with Crippen LogP contribution in [0, 0.1) is 12.8 Å². The van der Waals surface area contributed by atoms with Crippen molar-refractivity contribution in [2.75, 3.05) is 18.9 Å². The SMILES string of the molecule is Cc1nc(SCCNC(=O)C2COc3ccccc3C2)n[nH]1. The van der Waals surface area contributed by atoms with Crippen molar-refractivity contribution in [3.05, 3.63) is 35.7 Å². The Hall–Kier alpha value is -2.02. The number of nitrogens with one attached hydrogen (secondary N) is 2. The van der Waals surface area contributed by atoms with E-state index in [-0.39, 0.29) is 11.8 Å². The molecule has 0 spiro atoms. The van der Waals surface area contributed by atoms with E-state index in [1.807, 2.05) is 31.2 Å². The molecular weight excluding hydrogens is 300 g/mol. The molecule has 0 fully saturated rings. The van der Waals surface area contributed by atoms with Crippen LogP contribution in [0.2, 0.25) is 0 Å². The van der Waals surface area contributed by atoms with Gasteiger partial charge in [-0.3, -0.25) is 9.89 Å². The fourth-order valence-electron chi connectivity index (χ4n) is 2.34. The summed E-state index contributed by atoms with van der Waals surface area (Å²) in [7, 11) is 0. The molecule has 6 nitrogen and oxygen atoms in total. The molecule has 3 rings (SSSR count). The van der Waals surface area contributed by atoms with Gasteiger partial charge < -0.3 is 10.1 Å². The number of aryl methyl sites for hydroxylation is 1. The molecule has 2 heterocycles. The Labute approximate surface area is 133 Å². The number of nitrogens with zero attached hydrogens (tertiary/aromatic N) is 2. The van der Waals surface area contributed by atoms with E-state index in [0.717, 1.165) is 29.3 Å². The van der Waals surface area contributed by atoms with Crippen LogP contribution in [0.15, 0.2) is 29.4 Å². The fraction of sp³-hybridized carbons (Fsp3) is 0.400. The summed E-state index contributed by atoms with van der Waals surface area (Å²) in [5, 5.41) is 10.5. The quantitative estimate of drug-likeness (QED) is 0.646. The minimum atomic E-state index is -0.120. The molecule has 0 radical (unpaired) electrons. The molecule has 1 aliphatic heterocycles. The van der Waals surface area contributed by atoms with Crippen molar-refractivity contribution in [2.45, 2.75) is 18.5 Å². The second-order valence-electron chi connectivity index (χ2n) is 5.16. The van der Waals surface area contributed by atoms with E-state index in [4.69, 9.17) is 4.74 Å². The lowest BCUT2D eigenvalue weighted by molar-refractivity contribution is -0.126. The molecule has 0 bridgehead atoms. The van der Waals surface area contributed by atoms with Crippen LogP contribution in [0.1, 0.15) is 11.4 Å². The summed E-state index contributed by atoms with van der Waals surface area (Å²) in [5.74, 6) is 2.35. The Morgan fingerprint density at radius 3 is 3.18 bits per heavy atom. The number of amides is 1. The Morgan fingerprint density at radius 1 is 1.50 bits per heavy atom. The number of hydrogen-bond acceptors (Lipinski definition) is 5. The van der Waals surface area contributed by atoms with E-state index >= 15 is 0 Å². The maximum Gasteiger partial charge on any atom is 0.226 e. The van der Waals surface area contributed by atoms with E-state index < -0.39 is 0 Å². The Kier molecular flexibility index (Phi) is 4.62. The minimum absolute atomic E-state index is 0.0428. The number of aromatic amines is 1. The number of ether oxygens (including phenoxy) is 1. The van der Waals surface area contributed by atoms with E-state index in [2.05, 4.69) is 20.5 Å². The van der Waals surface area contributed by atoms with Gasteiger partial charge >= 0.3 is 0 Å². The smallest absolute Gasteiger partial charge is 0.226 e. The highest BCUT2D eigenvalue weighted by molar-refractivity contribution is 7.99. The van der Waals surface area contributed by atoms with Gasteiger partial charge in [0.1, 0.15) is 18.2 Å². The third kappa shape index (κ3) is 3.59. The van der Waals surface area contributed by atoms with Crippen LogP contribution >= 0.6 is 11.8 Å². The molecule has 116 valence electrons. The molecule has 22 heavy (non-hydrogen) atoms. The number of thioether (sulfide) groups is 1. The van der Waals surface area contributed by atoms with E-state index in [9.17, 15) is 4.79 Å². The first-order valence-corrected chi connectivity index (χ1v) is 8.21. The third-order valence-corrected chi connectivity index (χ3v) is 4.31.